The summed E-state index contributed by atoms with van der Waals surface area (Å²) in [6.45, 7) is 1.75. The third-order valence-corrected chi connectivity index (χ3v) is 4.33. The van der Waals surface area contributed by atoms with Crippen molar-refractivity contribution in [2.75, 3.05) is 5.32 Å². The van der Waals surface area contributed by atoms with Crippen LogP contribution in [0.5, 0.6) is 0 Å². The molecule has 1 aromatic carbocycles. The van der Waals surface area contributed by atoms with Crippen LogP contribution in [0, 0.1) is 0 Å². The fourth-order valence-electron chi connectivity index (χ4n) is 1.87. The van der Waals surface area contributed by atoms with Crippen LogP contribution in [-0.4, -0.2) is 26.3 Å². The lowest BCUT2D eigenvalue weighted by Gasteiger charge is -2.10. The molecule has 0 aliphatic carbocycles. The maximum atomic E-state index is 12.2. The SMILES string of the molecule is C[C@@H](Sc1nnc(-c2ccccc2)o1)C(=O)Nc1cccnc1Cl. The number of halogens is 1. The van der Waals surface area contributed by atoms with Gasteiger partial charge in [0.1, 0.15) is 0 Å². The molecule has 0 radical (unpaired) electrons. The van der Waals surface area contributed by atoms with Crippen molar-refractivity contribution in [3.05, 3.63) is 53.8 Å². The van der Waals surface area contributed by atoms with Gasteiger partial charge in [0, 0.05) is 11.8 Å². The maximum absolute atomic E-state index is 12.2. The van der Waals surface area contributed by atoms with Crippen LogP contribution in [0.3, 0.4) is 0 Å². The molecular weight excluding hydrogens is 348 g/mol. The fourth-order valence-corrected chi connectivity index (χ4v) is 2.72. The van der Waals surface area contributed by atoms with Crippen LogP contribution >= 0.6 is 23.4 Å². The van der Waals surface area contributed by atoms with Gasteiger partial charge in [0.2, 0.25) is 11.8 Å². The average Bonchev–Trinajstić information content (AvgIpc) is 3.06. The van der Waals surface area contributed by atoms with Gasteiger partial charge in [0.05, 0.1) is 10.9 Å². The Morgan fingerprint density at radius 3 is 2.75 bits per heavy atom. The Hall–Kier alpha value is -2.38. The summed E-state index contributed by atoms with van der Waals surface area (Å²) in [7, 11) is 0. The molecule has 6 nitrogen and oxygen atoms in total. The number of hydrogen-bond donors (Lipinski definition) is 1. The van der Waals surface area contributed by atoms with Crippen LogP contribution in [0.15, 0.2) is 58.3 Å². The van der Waals surface area contributed by atoms with Gasteiger partial charge >= 0.3 is 0 Å². The van der Waals surface area contributed by atoms with E-state index in [4.69, 9.17) is 16.0 Å². The number of anilines is 1. The summed E-state index contributed by atoms with van der Waals surface area (Å²) in [5.41, 5.74) is 1.29. The van der Waals surface area contributed by atoms with E-state index in [-0.39, 0.29) is 11.1 Å². The lowest BCUT2D eigenvalue weighted by molar-refractivity contribution is -0.115. The van der Waals surface area contributed by atoms with Crippen molar-refractivity contribution in [1.82, 2.24) is 15.2 Å². The molecule has 0 fully saturated rings. The number of thioether (sulfide) groups is 1. The van der Waals surface area contributed by atoms with Crippen molar-refractivity contribution in [3.8, 4) is 11.5 Å². The van der Waals surface area contributed by atoms with Gasteiger partial charge in [-0.25, -0.2) is 4.98 Å². The first kappa shape index (κ1) is 16.5. The van der Waals surface area contributed by atoms with E-state index < -0.39 is 5.25 Å². The highest BCUT2D eigenvalue weighted by atomic mass is 35.5. The van der Waals surface area contributed by atoms with E-state index in [1.165, 1.54) is 11.8 Å². The van der Waals surface area contributed by atoms with Gasteiger partial charge in [-0.05, 0) is 31.2 Å². The van der Waals surface area contributed by atoms with Crippen LogP contribution in [-0.2, 0) is 4.79 Å². The van der Waals surface area contributed by atoms with Crippen molar-refractivity contribution < 1.29 is 9.21 Å². The molecular formula is C16H13ClN4O2S. The normalized spacial score (nSPS) is 11.9. The highest BCUT2D eigenvalue weighted by Gasteiger charge is 2.19. The van der Waals surface area contributed by atoms with Crippen molar-refractivity contribution in [2.45, 2.75) is 17.4 Å². The van der Waals surface area contributed by atoms with Crippen LogP contribution in [0.1, 0.15) is 6.92 Å². The summed E-state index contributed by atoms with van der Waals surface area (Å²) >= 11 is 7.11. The molecule has 24 heavy (non-hydrogen) atoms. The molecule has 3 rings (SSSR count). The van der Waals surface area contributed by atoms with E-state index >= 15 is 0 Å². The Labute approximate surface area is 147 Å². The van der Waals surface area contributed by atoms with Gasteiger partial charge in [-0.15, -0.1) is 10.2 Å². The fraction of sp³-hybridized carbons (Fsp3) is 0.125. The largest absolute Gasteiger partial charge is 0.411 e. The highest BCUT2D eigenvalue weighted by Crippen LogP contribution is 2.27. The monoisotopic (exact) mass is 360 g/mol. The van der Waals surface area contributed by atoms with Crippen molar-refractivity contribution in [3.63, 3.8) is 0 Å². The second-order valence-electron chi connectivity index (χ2n) is 4.83. The predicted molar refractivity (Wildman–Crippen MR) is 92.9 cm³/mol. The van der Waals surface area contributed by atoms with Crippen molar-refractivity contribution in [2.24, 2.45) is 0 Å². The van der Waals surface area contributed by atoms with Crippen LogP contribution in [0.4, 0.5) is 5.69 Å². The third kappa shape index (κ3) is 3.93. The van der Waals surface area contributed by atoms with Gasteiger partial charge in [-0.1, -0.05) is 41.6 Å². The molecule has 1 N–H and O–H groups in total. The van der Waals surface area contributed by atoms with Gasteiger partial charge < -0.3 is 9.73 Å². The molecule has 2 aromatic heterocycles. The minimum absolute atomic E-state index is 0.227. The Morgan fingerprint density at radius 1 is 1.21 bits per heavy atom. The number of nitrogens with zero attached hydrogens (tertiary/aromatic N) is 3. The molecule has 2 heterocycles. The lowest BCUT2D eigenvalue weighted by atomic mass is 10.2. The lowest BCUT2D eigenvalue weighted by Crippen LogP contribution is -2.22. The third-order valence-electron chi connectivity index (χ3n) is 3.09. The van der Waals surface area contributed by atoms with Crippen molar-refractivity contribution in [1.29, 1.82) is 0 Å². The smallest absolute Gasteiger partial charge is 0.277 e. The molecule has 0 saturated heterocycles. The number of pyridine rings is 1. The zero-order valence-electron chi connectivity index (χ0n) is 12.6. The molecule has 0 unspecified atom stereocenters. The zero-order valence-corrected chi connectivity index (χ0v) is 14.2. The highest BCUT2D eigenvalue weighted by molar-refractivity contribution is 8.00. The summed E-state index contributed by atoms with van der Waals surface area (Å²) in [5.74, 6) is 0.190. The standard InChI is InChI=1S/C16H13ClN4O2S/c1-10(14(22)19-12-8-5-9-18-13(12)17)24-16-21-20-15(23-16)11-6-3-2-4-7-11/h2-10H,1H3,(H,19,22)/t10-/m1/s1. The number of aromatic nitrogens is 3. The van der Waals surface area contributed by atoms with Gasteiger partial charge in [0.15, 0.2) is 5.15 Å². The summed E-state index contributed by atoms with van der Waals surface area (Å²) in [6.07, 6.45) is 1.56. The minimum atomic E-state index is -0.439. The second kappa shape index (κ2) is 7.46. The summed E-state index contributed by atoms with van der Waals surface area (Å²) in [4.78, 5) is 16.2. The van der Waals surface area contributed by atoms with E-state index in [2.05, 4.69) is 20.5 Å². The number of hydrogen-bond acceptors (Lipinski definition) is 6. The van der Waals surface area contributed by atoms with Crippen LogP contribution < -0.4 is 5.32 Å². The Bertz CT molecular complexity index is 841. The van der Waals surface area contributed by atoms with Gasteiger partial charge in [0.25, 0.3) is 5.22 Å². The molecule has 122 valence electrons. The summed E-state index contributed by atoms with van der Waals surface area (Å²) < 4.78 is 5.59. The number of amides is 1. The molecule has 0 aliphatic rings. The van der Waals surface area contributed by atoms with E-state index in [1.807, 2.05) is 30.3 Å². The molecule has 0 bridgehead atoms. The van der Waals surface area contributed by atoms with E-state index in [0.29, 0.717) is 16.8 Å². The van der Waals surface area contributed by atoms with Crippen LogP contribution in [0.2, 0.25) is 5.15 Å². The minimum Gasteiger partial charge on any atom is -0.411 e. The molecule has 0 saturated carbocycles. The first-order valence-corrected chi connectivity index (χ1v) is 8.36. The molecule has 0 spiro atoms. The molecule has 3 aromatic rings. The number of nitrogens with one attached hydrogen (secondary N) is 1. The number of benzene rings is 1. The molecule has 1 amide bonds. The van der Waals surface area contributed by atoms with Crippen molar-refractivity contribution >= 4 is 35.0 Å². The Balaban J connectivity index is 1.65. The van der Waals surface area contributed by atoms with Gasteiger partial charge in [-0.2, -0.15) is 0 Å². The molecule has 0 aliphatic heterocycles. The summed E-state index contributed by atoms with van der Waals surface area (Å²) in [6, 6.07) is 12.8. The average molecular weight is 361 g/mol. The Kier molecular flexibility index (Phi) is 5.12. The molecule has 1 atom stereocenters. The van der Waals surface area contributed by atoms with E-state index in [9.17, 15) is 4.79 Å². The van der Waals surface area contributed by atoms with E-state index in [1.54, 1.807) is 25.3 Å². The first-order valence-electron chi connectivity index (χ1n) is 7.10. The van der Waals surface area contributed by atoms with E-state index in [0.717, 1.165) is 5.56 Å². The topological polar surface area (TPSA) is 80.9 Å². The maximum Gasteiger partial charge on any atom is 0.277 e. The predicted octanol–water partition coefficient (Wildman–Crippen LogP) is 3.90. The molecule has 8 heteroatoms. The summed E-state index contributed by atoms with van der Waals surface area (Å²) in [5, 5.41) is 10.8. The second-order valence-corrected chi connectivity index (χ2v) is 6.48. The number of carbonyl (C=O) groups excluding carboxylic acids is 1. The first-order chi connectivity index (χ1) is 11.6. The number of carbonyl (C=O) groups is 1. The Morgan fingerprint density at radius 2 is 2.00 bits per heavy atom. The quantitative estimate of drug-likeness (QED) is 0.549. The number of rotatable bonds is 5. The van der Waals surface area contributed by atoms with Gasteiger partial charge in [-0.3, -0.25) is 4.79 Å². The zero-order chi connectivity index (χ0) is 16.9. The van der Waals surface area contributed by atoms with Crippen LogP contribution in [0.25, 0.3) is 11.5 Å².